The summed E-state index contributed by atoms with van der Waals surface area (Å²) in [7, 11) is -9.28. The Balaban J connectivity index is -0.000000151. The molecule has 152 valence electrons. The van der Waals surface area contributed by atoms with Crippen molar-refractivity contribution in [2.75, 3.05) is 6.54 Å². The first kappa shape index (κ1) is 31.9. The summed E-state index contributed by atoms with van der Waals surface area (Å²) in [5.74, 6) is 0. The van der Waals surface area contributed by atoms with Gasteiger partial charge in [0.1, 0.15) is 0 Å². The van der Waals surface area contributed by atoms with E-state index < -0.39 is 15.6 Å². The molecule has 0 fully saturated rings. The van der Waals surface area contributed by atoms with Crippen molar-refractivity contribution in [1.82, 2.24) is 6.15 Å². The summed E-state index contributed by atoms with van der Waals surface area (Å²) in [6.45, 7) is 3.14. The van der Waals surface area contributed by atoms with E-state index in [1.807, 2.05) is 0 Å². The molecule has 0 unspecified atom stereocenters. The topological polar surface area (TPSA) is 217 Å². The van der Waals surface area contributed by atoms with E-state index in [0.717, 1.165) is 6.54 Å². The van der Waals surface area contributed by atoms with Crippen LogP contribution < -0.4 is 11.9 Å². The standard InChI is InChI=1S/C12H27N.H3N.2H3O4P/c1-2-3-4-5-6-7-8-9-10-11-12-13;;2*1-5(2,3)4/h2-13H2,1H3;1H3;2*(H3,1,2,3,4). The van der Waals surface area contributed by atoms with Crippen molar-refractivity contribution in [3.05, 3.63) is 0 Å². The Bertz CT molecular complexity index is 276. The van der Waals surface area contributed by atoms with Crippen LogP contribution in [0.3, 0.4) is 0 Å². The second-order valence-electron chi connectivity index (χ2n) is 5.00. The van der Waals surface area contributed by atoms with Crippen LogP contribution in [-0.2, 0) is 9.13 Å². The van der Waals surface area contributed by atoms with Gasteiger partial charge in [0.05, 0.1) is 0 Å². The Morgan fingerprint density at radius 3 is 1.04 bits per heavy atom. The molecule has 0 aliphatic carbocycles. The van der Waals surface area contributed by atoms with Gasteiger partial charge in [0.15, 0.2) is 0 Å². The number of rotatable bonds is 10. The Morgan fingerprint density at radius 1 is 0.625 bits per heavy atom. The zero-order valence-corrected chi connectivity index (χ0v) is 16.2. The molecule has 0 aromatic heterocycles. The van der Waals surface area contributed by atoms with Crippen LogP contribution in [0.5, 0.6) is 0 Å². The maximum atomic E-state index is 8.88. The van der Waals surface area contributed by atoms with E-state index in [0.29, 0.717) is 0 Å². The maximum Gasteiger partial charge on any atom is 0.466 e. The van der Waals surface area contributed by atoms with Crippen LogP contribution in [0.25, 0.3) is 0 Å². The average Bonchev–Trinajstić information content (AvgIpc) is 2.33. The van der Waals surface area contributed by atoms with Crippen molar-refractivity contribution >= 4 is 15.6 Å². The van der Waals surface area contributed by atoms with Gasteiger partial charge in [-0.3, -0.25) is 0 Å². The number of hydrogen-bond acceptors (Lipinski definition) is 4. The fraction of sp³-hybridized carbons (Fsp3) is 1.00. The minimum absolute atomic E-state index is 0. The second-order valence-corrected chi connectivity index (χ2v) is 7.05. The van der Waals surface area contributed by atoms with Gasteiger partial charge < -0.3 is 41.2 Å². The molecule has 0 heterocycles. The van der Waals surface area contributed by atoms with E-state index in [1.54, 1.807) is 0 Å². The van der Waals surface area contributed by atoms with Crippen molar-refractivity contribution in [2.45, 2.75) is 71.1 Å². The molecule has 0 saturated carbocycles. The minimum atomic E-state index is -4.64. The van der Waals surface area contributed by atoms with Crippen LogP contribution in [0.1, 0.15) is 71.1 Å². The van der Waals surface area contributed by atoms with Gasteiger partial charge in [-0.05, 0) is 13.0 Å². The normalized spacial score (nSPS) is 10.7. The predicted octanol–water partition coefficient (Wildman–Crippen LogP) is 2.17. The van der Waals surface area contributed by atoms with Crippen molar-refractivity contribution in [1.29, 1.82) is 0 Å². The van der Waals surface area contributed by atoms with Gasteiger partial charge in [-0.1, -0.05) is 64.7 Å². The van der Waals surface area contributed by atoms with Crippen molar-refractivity contribution in [3.8, 4) is 0 Å². The number of hydrogen-bond donors (Lipinski definition) is 8. The number of unbranched alkanes of at least 4 members (excludes halogenated alkanes) is 9. The average molecular weight is 398 g/mol. The molecule has 24 heavy (non-hydrogen) atoms. The SMILES string of the molecule is CCCCCCCCCCCCN.N.O=P(O)(O)O.O=P(O)(O)O. The number of phosphoric acid groups is 2. The summed E-state index contributed by atoms with van der Waals surface area (Å²) in [6.07, 6.45) is 13.9. The lowest BCUT2D eigenvalue weighted by molar-refractivity contribution is 0.272. The Morgan fingerprint density at radius 2 is 0.833 bits per heavy atom. The van der Waals surface area contributed by atoms with Gasteiger partial charge in [0.2, 0.25) is 0 Å². The molecule has 0 aromatic rings. The Kier molecular flexibility index (Phi) is 28.1. The molecule has 0 spiro atoms. The molecule has 0 amide bonds. The molecule has 0 saturated heterocycles. The van der Waals surface area contributed by atoms with Crippen LogP contribution in [0, 0.1) is 0 Å². The first-order valence-electron chi connectivity index (χ1n) is 7.68. The molecule has 10 nitrogen and oxygen atoms in total. The van der Waals surface area contributed by atoms with Gasteiger partial charge in [0.25, 0.3) is 0 Å². The lowest BCUT2D eigenvalue weighted by Gasteiger charge is -2.00. The first-order chi connectivity index (χ1) is 10.4. The minimum Gasteiger partial charge on any atom is -0.344 e. The Labute approximate surface area is 144 Å². The second kappa shape index (κ2) is 21.2. The molecular formula is C12H36N2O8P2. The summed E-state index contributed by atoms with van der Waals surface area (Å²) in [5.41, 5.74) is 5.42. The molecule has 0 rings (SSSR count). The third-order valence-corrected chi connectivity index (χ3v) is 2.56. The van der Waals surface area contributed by atoms with Crippen molar-refractivity contribution in [2.24, 2.45) is 5.73 Å². The lowest BCUT2D eigenvalue weighted by atomic mass is 10.1. The first-order valence-corrected chi connectivity index (χ1v) is 10.8. The molecule has 0 aromatic carbocycles. The van der Waals surface area contributed by atoms with Crippen LogP contribution >= 0.6 is 15.6 Å². The molecule has 0 bridgehead atoms. The van der Waals surface area contributed by atoms with Crippen molar-refractivity contribution < 1.29 is 38.5 Å². The maximum absolute atomic E-state index is 8.88. The molecule has 0 aliphatic rings. The fourth-order valence-electron chi connectivity index (χ4n) is 1.63. The molecule has 12 heteroatoms. The summed E-state index contributed by atoms with van der Waals surface area (Å²) >= 11 is 0. The van der Waals surface area contributed by atoms with Gasteiger partial charge in [-0.2, -0.15) is 0 Å². The van der Waals surface area contributed by atoms with E-state index in [4.69, 9.17) is 44.2 Å². The zero-order valence-electron chi connectivity index (χ0n) is 14.5. The van der Waals surface area contributed by atoms with E-state index in [-0.39, 0.29) is 6.15 Å². The zero-order chi connectivity index (χ0) is 18.8. The third kappa shape index (κ3) is 96.2. The van der Waals surface area contributed by atoms with E-state index in [1.165, 1.54) is 64.2 Å². The van der Waals surface area contributed by atoms with Crippen LogP contribution in [0.2, 0.25) is 0 Å². The highest BCUT2D eigenvalue weighted by atomic mass is 31.2. The van der Waals surface area contributed by atoms with Crippen LogP contribution in [0.4, 0.5) is 0 Å². The molecule has 0 radical (unpaired) electrons. The van der Waals surface area contributed by atoms with Gasteiger partial charge in [-0.15, -0.1) is 0 Å². The Hall–Kier alpha value is 0.140. The molecule has 0 atom stereocenters. The summed E-state index contributed by atoms with van der Waals surface area (Å²) in [4.78, 5) is 43.1. The molecular weight excluding hydrogens is 362 g/mol. The number of nitrogens with two attached hydrogens (primary N) is 1. The van der Waals surface area contributed by atoms with Crippen molar-refractivity contribution in [3.63, 3.8) is 0 Å². The highest BCUT2D eigenvalue weighted by molar-refractivity contribution is 7.45. The third-order valence-electron chi connectivity index (χ3n) is 2.56. The van der Waals surface area contributed by atoms with E-state index in [2.05, 4.69) is 6.92 Å². The fourth-order valence-corrected chi connectivity index (χ4v) is 1.63. The predicted molar refractivity (Wildman–Crippen MR) is 94.4 cm³/mol. The van der Waals surface area contributed by atoms with E-state index in [9.17, 15) is 0 Å². The van der Waals surface area contributed by atoms with Gasteiger partial charge >= 0.3 is 15.6 Å². The lowest BCUT2D eigenvalue weighted by Crippen LogP contribution is -1.97. The highest BCUT2D eigenvalue weighted by Gasteiger charge is 2.00. The monoisotopic (exact) mass is 398 g/mol. The quantitative estimate of drug-likeness (QED) is 0.198. The summed E-state index contributed by atoms with van der Waals surface area (Å²) < 4.78 is 17.8. The molecule has 11 N–H and O–H groups in total. The smallest absolute Gasteiger partial charge is 0.344 e. The van der Waals surface area contributed by atoms with Crippen LogP contribution in [0.15, 0.2) is 0 Å². The summed E-state index contributed by atoms with van der Waals surface area (Å²) in [5, 5.41) is 0. The molecule has 0 aliphatic heterocycles. The van der Waals surface area contributed by atoms with Crippen LogP contribution in [-0.4, -0.2) is 35.9 Å². The summed E-state index contributed by atoms with van der Waals surface area (Å²) in [6, 6.07) is 0. The largest absolute Gasteiger partial charge is 0.466 e. The highest BCUT2D eigenvalue weighted by Crippen LogP contribution is 2.26. The van der Waals surface area contributed by atoms with E-state index >= 15 is 0 Å². The van der Waals surface area contributed by atoms with Gasteiger partial charge in [0, 0.05) is 0 Å². The van der Waals surface area contributed by atoms with Gasteiger partial charge in [-0.25, -0.2) is 9.13 Å².